The van der Waals surface area contributed by atoms with E-state index in [4.69, 9.17) is 4.98 Å². The smallest absolute Gasteiger partial charge is 0.262 e. The first-order valence-corrected chi connectivity index (χ1v) is 11.1. The average Bonchev–Trinajstić information content (AvgIpc) is 2.76. The van der Waals surface area contributed by atoms with Crippen molar-refractivity contribution < 1.29 is 4.79 Å². The van der Waals surface area contributed by atoms with Gasteiger partial charge in [-0.1, -0.05) is 49.0 Å². The Morgan fingerprint density at radius 3 is 2.76 bits per heavy atom. The van der Waals surface area contributed by atoms with Crippen LogP contribution in [0.25, 0.3) is 10.9 Å². The van der Waals surface area contributed by atoms with Gasteiger partial charge in [-0.2, -0.15) is 0 Å². The maximum absolute atomic E-state index is 13.1. The Morgan fingerprint density at radius 1 is 1.17 bits per heavy atom. The summed E-state index contributed by atoms with van der Waals surface area (Å²) < 4.78 is 1.74. The zero-order valence-electron chi connectivity index (χ0n) is 16.8. The molecular formula is C23H25N3O2S. The van der Waals surface area contributed by atoms with Crippen molar-refractivity contribution in [2.45, 2.75) is 44.3 Å². The molecule has 1 aliphatic heterocycles. The standard InChI is InChI=1S/C23H25N3O2S/c1-3-16(2)26-22(28)18-11-5-6-12-19(18)24-23(26)29-15-21(27)25-14-8-10-17-9-4-7-13-20(17)25/h4-7,9,11-13,16H,3,8,10,14-15H2,1-2H3/t16-/m1/s1. The molecule has 1 atom stereocenters. The third kappa shape index (κ3) is 3.81. The van der Waals surface area contributed by atoms with E-state index in [1.807, 2.05) is 54.3 Å². The van der Waals surface area contributed by atoms with E-state index < -0.39 is 0 Å². The van der Waals surface area contributed by atoms with E-state index in [0.717, 1.165) is 31.5 Å². The Labute approximate surface area is 174 Å². The Hall–Kier alpha value is -2.60. The molecule has 0 unspecified atom stereocenters. The number of para-hydroxylation sites is 2. The van der Waals surface area contributed by atoms with Crippen LogP contribution in [0, 0.1) is 0 Å². The minimum Gasteiger partial charge on any atom is -0.311 e. The normalized spacial score (nSPS) is 14.6. The van der Waals surface area contributed by atoms with Crippen LogP contribution in [0.3, 0.4) is 0 Å². The third-order valence-electron chi connectivity index (χ3n) is 5.54. The molecule has 0 aliphatic carbocycles. The summed E-state index contributed by atoms with van der Waals surface area (Å²) in [6.07, 6.45) is 2.80. The second kappa shape index (κ2) is 8.41. The number of rotatable bonds is 5. The first-order chi connectivity index (χ1) is 14.1. The van der Waals surface area contributed by atoms with Crippen LogP contribution < -0.4 is 10.5 Å². The Bertz CT molecular complexity index is 1110. The first kappa shape index (κ1) is 19.7. The van der Waals surface area contributed by atoms with Crippen LogP contribution >= 0.6 is 11.8 Å². The van der Waals surface area contributed by atoms with Crippen molar-refractivity contribution in [2.24, 2.45) is 0 Å². The number of amides is 1. The van der Waals surface area contributed by atoms with E-state index in [0.29, 0.717) is 16.1 Å². The van der Waals surface area contributed by atoms with Crippen molar-refractivity contribution >= 4 is 34.3 Å². The van der Waals surface area contributed by atoms with Crippen molar-refractivity contribution in [3.8, 4) is 0 Å². The molecule has 0 bridgehead atoms. The number of carbonyl (C=O) groups is 1. The van der Waals surface area contributed by atoms with Crippen LogP contribution in [0.2, 0.25) is 0 Å². The van der Waals surface area contributed by atoms with Crippen LogP contribution in [-0.4, -0.2) is 27.8 Å². The number of thioether (sulfide) groups is 1. The summed E-state index contributed by atoms with van der Waals surface area (Å²) >= 11 is 1.36. The average molecular weight is 408 g/mol. The number of aryl methyl sites for hydroxylation is 1. The molecule has 2 aromatic carbocycles. The van der Waals surface area contributed by atoms with Gasteiger partial charge in [-0.25, -0.2) is 4.98 Å². The van der Waals surface area contributed by atoms with E-state index in [9.17, 15) is 9.59 Å². The minimum absolute atomic E-state index is 0.0212. The summed E-state index contributed by atoms with van der Waals surface area (Å²) in [4.78, 5) is 32.7. The zero-order valence-corrected chi connectivity index (χ0v) is 17.6. The topological polar surface area (TPSA) is 55.2 Å². The molecule has 2 heterocycles. The fourth-order valence-electron chi connectivity index (χ4n) is 3.80. The highest BCUT2D eigenvalue weighted by molar-refractivity contribution is 7.99. The largest absolute Gasteiger partial charge is 0.311 e. The number of nitrogens with zero attached hydrogens (tertiary/aromatic N) is 3. The summed E-state index contributed by atoms with van der Waals surface area (Å²) in [5, 5.41) is 1.23. The molecule has 29 heavy (non-hydrogen) atoms. The molecule has 0 radical (unpaired) electrons. The maximum atomic E-state index is 13.1. The lowest BCUT2D eigenvalue weighted by Gasteiger charge is -2.29. The molecule has 3 aromatic rings. The lowest BCUT2D eigenvalue weighted by molar-refractivity contribution is -0.116. The monoisotopic (exact) mass is 407 g/mol. The molecule has 0 spiro atoms. The molecule has 5 nitrogen and oxygen atoms in total. The van der Waals surface area contributed by atoms with Gasteiger partial charge < -0.3 is 4.90 Å². The molecule has 1 aromatic heterocycles. The fraction of sp³-hybridized carbons (Fsp3) is 0.348. The van der Waals surface area contributed by atoms with Crippen LogP contribution in [0.5, 0.6) is 0 Å². The minimum atomic E-state index is -0.0387. The lowest BCUT2D eigenvalue weighted by atomic mass is 10.0. The van der Waals surface area contributed by atoms with Crippen LogP contribution in [0.1, 0.15) is 38.3 Å². The highest BCUT2D eigenvalue weighted by Crippen LogP contribution is 2.28. The summed E-state index contributed by atoms with van der Waals surface area (Å²) in [7, 11) is 0. The Balaban J connectivity index is 1.63. The molecule has 0 fully saturated rings. The number of benzene rings is 2. The summed E-state index contributed by atoms with van der Waals surface area (Å²) in [6.45, 7) is 4.81. The maximum Gasteiger partial charge on any atom is 0.262 e. The van der Waals surface area contributed by atoms with E-state index in [1.165, 1.54) is 17.3 Å². The van der Waals surface area contributed by atoms with Crippen molar-refractivity contribution in [3.05, 3.63) is 64.4 Å². The van der Waals surface area contributed by atoms with Crippen molar-refractivity contribution in [2.75, 3.05) is 17.2 Å². The second-order valence-electron chi connectivity index (χ2n) is 7.41. The number of hydrogen-bond acceptors (Lipinski definition) is 4. The number of anilines is 1. The van der Waals surface area contributed by atoms with Crippen molar-refractivity contribution in [1.29, 1.82) is 0 Å². The Kier molecular flexibility index (Phi) is 5.72. The molecule has 1 aliphatic rings. The lowest BCUT2D eigenvalue weighted by Crippen LogP contribution is -2.37. The van der Waals surface area contributed by atoms with E-state index >= 15 is 0 Å². The predicted octanol–water partition coefficient (Wildman–Crippen LogP) is 4.44. The molecule has 6 heteroatoms. The summed E-state index contributed by atoms with van der Waals surface area (Å²) in [6, 6.07) is 15.5. The van der Waals surface area contributed by atoms with Gasteiger partial charge in [0.15, 0.2) is 5.16 Å². The number of fused-ring (bicyclic) bond motifs is 2. The highest BCUT2D eigenvalue weighted by Gasteiger charge is 2.23. The van der Waals surface area contributed by atoms with Gasteiger partial charge in [0.25, 0.3) is 5.56 Å². The molecule has 150 valence electrons. The predicted molar refractivity (Wildman–Crippen MR) is 119 cm³/mol. The number of carbonyl (C=O) groups excluding carboxylic acids is 1. The Morgan fingerprint density at radius 2 is 1.93 bits per heavy atom. The molecule has 1 amide bonds. The number of aromatic nitrogens is 2. The fourth-order valence-corrected chi connectivity index (χ4v) is 4.77. The van der Waals surface area contributed by atoms with Gasteiger partial charge in [0, 0.05) is 18.3 Å². The van der Waals surface area contributed by atoms with Gasteiger partial charge in [-0.3, -0.25) is 14.2 Å². The van der Waals surface area contributed by atoms with Gasteiger partial charge in [-0.15, -0.1) is 0 Å². The molecule has 0 N–H and O–H groups in total. The number of hydrogen-bond donors (Lipinski definition) is 0. The van der Waals surface area contributed by atoms with Crippen LogP contribution in [0.15, 0.2) is 58.5 Å². The van der Waals surface area contributed by atoms with Gasteiger partial charge in [0.05, 0.1) is 16.7 Å². The SMILES string of the molecule is CC[C@@H](C)n1c(SCC(=O)N2CCCc3ccccc32)nc2ccccc2c1=O. The zero-order chi connectivity index (χ0) is 20.4. The molecular weight excluding hydrogens is 382 g/mol. The van der Waals surface area contributed by atoms with Gasteiger partial charge >= 0.3 is 0 Å². The summed E-state index contributed by atoms with van der Waals surface area (Å²) in [5.41, 5.74) is 2.87. The first-order valence-electron chi connectivity index (χ1n) is 10.1. The van der Waals surface area contributed by atoms with Gasteiger partial charge in [0.2, 0.25) is 5.91 Å². The van der Waals surface area contributed by atoms with Crippen LogP contribution in [0.4, 0.5) is 5.69 Å². The summed E-state index contributed by atoms with van der Waals surface area (Å²) in [5.74, 6) is 0.315. The molecule has 4 rings (SSSR count). The highest BCUT2D eigenvalue weighted by atomic mass is 32.2. The molecule has 0 saturated carbocycles. The quantitative estimate of drug-likeness (QED) is 0.463. The van der Waals surface area contributed by atoms with Crippen molar-refractivity contribution in [1.82, 2.24) is 9.55 Å². The van der Waals surface area contributed by atoms with Crippen molar-refractivity contribution in [3.63, 3.8) is 0 Å². The van der Waals surface area contributed by atoms with E-state index in [2.05, 4.69) is 13.0 Å². The second-order valence-corrected chi connectivity index (χ2v) is 8.35. The third-order valence-corrected chi connectivity index (χ3v) is 6.48. The van der Waals surface area contributed by atoms with E-state index in [-0.39, 0.29) is 23.3 Å². The van der Waals surface area contributed by atoms with Gasteiger partial charge in [0.1, 0.15) is 0 Å². The van der Waals surface area contributed by atoms with E-state index in [1.54, 1.807) is 4.57 Å². The molecule has 0 saturated heterocycles. The van der Waals surface area contributed by atoms with Gasteiger partial charge in [-0.05, 0) is 49.9 Å². The van der Waals surface area contributed by atoms with Crippen LogP contribution in [-0.2, 0) is 11.2 Å².